The summed E-state index contributed by atoms with van der Waals surface area (Å²) in [6.07, 6.45) is -0.725. The van der Waals surface area contributed by atoms with Gasteiger partial charge < -0.3 is 29.4 Å². The van der Waals surface area contributed by atoms with E-state index in [4.69, 9.17) is 18.9 Å². The Morgan fingerprint density at radius 3 is 2.41 bits per heavy atom. The monoisotopic (exact) mass is 447 g/mol. The van der Waals surface area contributed by atoms with Gasteiger partial charge in [0.25, 0.3) is 0 Å². The van der Waals surface area contributed by atoms with Crippen LogP contribution in [0.15, 0.2) is 41.5 Å². The first-order valence-electron chi connectivity index (χ1n) is 10.3. The van der Waals surface area contributed by atoms with Crippen LogP contribution in [0, 0.1) is 0 Å². The molecule has 3 N–H and O–H groups in total. The van der Waals surface area contributed by atoms with Crippen LogP contribution in [0.3, 0.4) is 0 Å². The number of nitrogens with zero attached hydrogens (tertiary/aromatic N) is 3. The SMILES string of the molecule is COCOc1ccccc1OCC(O)CNC(C)(C)COc1ccc(NN=C(C)C)nn1. The molecule has 10 nitrogen and oxygen atoms in total. The zero-order valence-corrected chi connectivity index (χ0v) is 19.3. The van der Waals surface area contributed by atoms with Crippen LogP contribution in [0.4, 0.5) is 5.82 Å². The average Bonchev–Trinajstić information content (AvgIpc) is 2.78. The molecule has 0 bridgehead atoms. The van der Waals surface area contributed by atoms with E-state index < -0.39 is 11.6 Å². The molecule has 2 rings (SSSR count). The van der Waals surface area contributed by atoms with Crippen LogP contribution in [0.5, 0.6) is 17.4 Å². The van der Waals surface area contributed by atoms with Crippen molar-refractivity contribution in [1.29, 1.82) is 0 Å². The summed E-state index contributed by atoms with van der Waals surface area (Å²) in [5.41, 5.74) is 3.28. The van der Waals surface area contributed by atoms with Crippen LogP contribution in [0.2, 0.25) is 0 Å². The first-order chi connectivity index (χ1) is 15.3. The number of hydrogen-bond donors (Lipinski definition) is 3. The molecule has 1 heterocycles. The van der Waals surface area contributed by atoms with Crippen LogP contribution < -0.4 is 25.0 Å². The molecule has 0 saturated heterocycles. The van der Waals surface area contributed by atoms with Crippen molar-refractivity contribution in [2.75, 3.05) is 39.1 Å². The number of ether oxygens (including phenoxy) is 4. The molecule has 2 aromatic rings. The molecule has 1 atom stereocenters. The number of methoxy groups -OCH3 is 1. The highest BCUT2D eigenvalue weighted by atomic mass is 16.7. The van der Waals surface area contributed by atoms with Gasteiger partial charge in [-0.1, -0.05) is 12.1 Å². The maximum Gasteiger partial charge on any atom is 0.233 e. The standard InChI is InChI=1S/C22H33N5O5/c1-16(2)24-25-20-10-11-21(27-26-20)31-14-22(3,4)23-12-17(28)13-30-18-8-6-7-9-19(18)32-15-29-5/h6-11,17,23,28H,12-15H2,1-5H3,(H,25,26). The Morgan fingerprint density at radius 1 is 1.06 bits per heavy atom. The Hall–Kier alpha value is -2.95. The maximum atomic E-state index is 10.3. The molecule has 0 aliphatic carbocycles. The molecule has 1 aromatic heterocycles. The number of rotatable bonds is 14. The predicted molar refractivity (Wildman–Crippen MR) is 122 cm³/mol. The van der Waals surface area contributed by atoms with Crippen LogP contribution in [-0.2, 0) is 4.74 Å². The molecule has 0 aliphatic rings. The summed E-state index contributed by atoms with van der Waals surface area (Å²) in [7, 11) is 1.55. The quantitative estimate of drug-likeness (QED) is 0.228. The van der Waals surface area contributed by atoms with Crippen molar-refractivity contribution in [2.24, 2.45) is 5.10 Å². The van der Waals surface area contributed by atoms with Gasteiger partial charge in [-0.05, 0) is 45.9 Å². The molecule has 176 valence electrons. The lowest BCUT2D eigenvalue weighted by molar-refractivity contribution is 0.0458. The Kier molecular flexibility index (Phi) is 10.1. The fourth-order valence-electron chi connectivity index (χ4n) is 2.38. The largest absolute Gasteiger partial charge is 0.487 e. The molecule has 1 unspecified atom stereocenters. The van der Waals surface area contributed by atoms with Gasteiger partial charge in [-0.3, -0.25) is 5.43 Å². The summed E-state index contributed by atoms with van der Waals surface area (Å²) in [5.74, 6) is 2.04. The molecule has 0 aliphatic heterocycles. The molecule has 1 aromatic carbocycles. The van der Waals surface area contributed by atoms with Gasteiger partial charge in [0.15, 0.2) is 24.1 Å². The van der Waals surface area contributed by atoms with Crippen molar-refractivity contribution in [2.45, 2.75) is 39.3 Å². The molecule has 0 saturated carbocycles. The van der Waals surface area contributed by atoms with E-state index in [1.165, 1.54) is 0 Å². The number of aliphatic hydroxyl groups is 1. The topological polar surface area (TPSA) is 119 Å². The van der Waals surface area contributed by atoms with E-state index in [-0.39, 0.29) is 13.4 Å². The summed E-state index contributed by atoms with van der Waals surface area (Å²) in [6.45, 7) is 8.58. The van der Waals surface area contributed by atoms with E-state index in [0.29, 0.717) is 36.3 Å². The zero-order valence-electron chi connectivity index (χ0n) is 19.3. The highest BCUT2D eigenvalue weighted by Gasteiger charge is 2.20. The number of benzene rings is 1. The Labute approximate surface area is 188 Å². The number of hydrazone groups is 1. The van der Waals surface area contributed by atoms with E-state index in [0.717, 1.165) is 5.71 Å². The lowest BCUT2D eigenvalue weighted by Crippen LogP contribution is -2.48. The number of aromatic nitrogens is 2. The smallest absolute Gasteiger partial charge is 0.233 e. The summed E-state index contributed by atoms with van der Waals surface area (Å²) >= 11 is 0. The third-order valence-corrected chi connectivity index (χ3v) is 4.04. The van der Waals surface area contributed by atoms with E-state index in [9.17, 15) is 5.11 Å². The number of hydrogen-bond acceptors (Lipinski definition) is 10. The number of nitrogens with one attached hydrogen (secondary N) is 2. The van der Waals surface area contributed by atoms with Gasteiger partial charge in [0, 0.05) is 31.0 Å². The van der Waals surface area contributed by atoms with Crippen LogP contribution >= 0.6 is 0 Å². The molecule has 0 spiro atoms. The zero-order chi connectivity index (χ0) is 23.4. The van der Waals surface area contributed by atoms with Gasteiger partial charge >= 0.3 is 0 Å². The fraction of sp³-hybridized carbons (Fsp3) is 0.500. The summed E-state index contributed by atoms with van der Waals surface area (Å²) in [5, 5.41) is 25.7. The van der Waals surface area contributed by atoms with Crippen molar-refractivity contribution in [3.05, 3.63) is 36.4 Å². The van der Waals surface area contributed by atoms with Crippen LogP contribution in [0.1, 0.15) is 27.7 Å². The average molecular weight is 448 g/mol. The lowest BCUT2D eigenvalue weighted by atomic mass is 10.1. The normalized spacial score (nSPS) is 12.1. The molecule has 0 radical (unpaired) electrons. The molecular weight excluding hydrogens is 414 g/mol. The summed E-state index contributed by atoms with van der Waals surface area (Å²) in [6, 6.07) is 10.7. The number of aliphatic hydroxyl groups excluding tert-OH is 1. The number of anilines is 1. The maximum absolute atomic E-state index is 10.3. The molecular formula is C22H33N5O5. The van der Waals surface area contributed by atoms with Gasteiger partial charge in [-0.2, -0.15) is 5.10 Å². The van der Waals surface area contributed by atoms with Gasteiger partial charge in [0.2, 0.25) is 5.88 Å². The molecule has 32 heavy (non-hydrogen) atoms. The number of para-hydroxylation sites is 2. The second-order valence-corrected chi connectivity index (χ2v) is 7.94. The Morgan fingerprint density at radius 2 is 1.78 bits per heavy atom. The van der Waals surface area contributed by atoms with Crippen LogP contribution in [-0.4, -0.2) is 66.3 Å². The lowest BCUT2D eigenvalue weighted by Gasteiger charge is -2.27. The third-order valence-electron chi connectivity index (χ3n) is 4.04. The Bertz CT molecular complexity index is 841. The first kappa shape index (κ1) is 25.3. The highest BCUT2D eigenvalue weighted by molar-refractivity contribution is 5.79. The summed E-state index contributed by atoms with van der Waals surface area (Å²) in [4.78, 5) is 0. The molecule has 0 amide bonds. The van der Waals surface area contributed by atoms with Crippen molar-refractivity contribution in [3.63, 3.8) is 0 Å². The minimum absolute atomic E-state index is 0.108. The van der Waals surface area contributed by atoms with Gasteiger partial charge in [0.05, 0.1) is 0 Å². The number of β-amino-alcohol motifs (C(OH)–C–C–N with tert-alkyl or cyclic N) is 1. The van der Waals surface area contributed by atoms with Gasteiger partial charge in [0.1, 0.15) is 19.3 Å². The molecule has 10 heteroatoms. The third kappa shape index (κ3) is 9.46. The van der Waals surface area contributed by atoms with Crippen molar-refractivity contribution >= 4 is 11.5 Å². The van der Waals surface area contributed by atoms with E-state index in [1.54, 1.807) is 31.4 Å². The fourth-order valence-corrected chi connectivity index (χ4v) is 2.38. The second kappa shape index (κ2) is 12.8. The minimum atomic E-state index is -0.725. The predicted octanol–water partition coefficient (Wildman–Crippen LogP) is 2.45. The minimum Gasteiger partial charge on any atom is -0.487 e. The summed E-state index contributed by atoms with van der Waals surface area (Å²) < 4.78 is 21.8. The highest BCUT2D eigenvalue weighted by Crippen LogP contribution is 2.26. The molecule has 0 fully saturated rings. The van der Waals surface area contributed by atoms with Gasteiger partial charge in [-0.25, -0.2) is 0 Å². The van der Waals surface area contributed by atoms with E-state index >= 15 is 0 Å². The van der Waals surface area contributed by atoms with Crippen molar-refractivity contribution in [3.8, 4) is 17.4 Å². The first-order valence-corrected chi connectivity index (χ1v) is 10.3. The van der Waals surface area contributed by atoms with Gasteiger partial charge in [-0.15, -0.1) is 10.2 Å². The second-order valence-electron chi connectivity index (χ2n) is 7.94. The Balaban J connectivity index is 1.75. The van der Waals surface area contributed by atoms with Crippen molar-refractivity contribution in [1.82, 2.24) is 15.5 Å². The van der Waals surface area contributed by atoms with E-state index in [1.807, 2.05) is 39.8 Å². The van der Waals surface area contributed by atoms with Crippen LogP contribution in [0.25, 0.3) is 0 Å². The van der Waals surface area contributed by atoms with Crippen molar-refractivity contribution < 1.29 is 24.1 Å². The van der Waals surface area contributed by atoms with E-state index in [2.05, 4.69) is 26.0 Å².